The number of benzene rings is 3. The Labute approximate surface area is 206 Å². The standard InChI is InChI=1S/C28H26F4O4/c1-2-35-15-19-9-14-23(27(32)24(19)29)36-28(34)18-5-3-16(4-6-18)21-12-13-22(26(31)25(21)30)17-7-10-20(33)11-8-17/h7-14,16,18,33H,2-6,15H2,1H3. The summed E-state index contributed by atoms with van der Waals surface area (Å²) < 4.78 is 68.6. The summed E-state index contributed by atoms with van der Waals surface area (Å²) >= 11 is 0. The Kier molecular flexibility index (Phi) is 7.94. The summed E-state index contributed by atoms with van der Waals surface area (Å²) in [7, 11) is 0. The number of carbonyl (C=O) groups is 1. The third-order valence-corrected chi connectivity index (χ3v) is 6.59. The maximum absolute atomic E-state index is 14.9. The van der Waals surface area contributed by atoms with Crippen LogP contribution in [0.3, 0.4) is 0 Å². The maximum Gasteiger partial charge on any atom is 0.314 e. The van der Waals surface area contributed by atoms with E-state index in [-0.39, 0.29) is 35.0 Å². The van der Waals surface area contributed by atoms with Gasteiger partial charge >= 0.3 is 5.97 Å². The van der Waals surface area contributed by atoms with Gasteiger partial charge in [-0.2, -0.15) is 4.39 Å². The molecule has 0 aromatic heterocycles. The summed E-state index contributed by atoms with van der Waals surface area (Å²) in [6.07, 6.45) is 1.52. The van der Waals surface area contributed by atoms with Gasteiger partial charge in [-0.25, -0.2) is 13.2 Å². The Morgan fingerprint density at radius 3 is 2.22 bits per heavy atom. The van der Waals surface area contributed by atoms with Crippen molar-refractivity contribution in [1.29, 1.82) is 0 Å². The molecule has 36 heavy (non-hydrogen) atoms. The Morgan fingerprint density at radius 1 is 0.861 bits per heavy atom. The molecule has 1 fully saturated rings. The van der Waals surface area contributed by atoms with E-state index in [1.807, 2.05) is 0 Å². The lowest BCUT2D eigenvalue weighted by atomic mass is 9.78. The van der Waals surface area contributed by atoms with Gasteiger partial charge in [0.1, 0.15) is 5.75 Å². The van der Waals surface area contributed by atoms with E-state index >= 15 is 0 Å². The molecule has 0 heterocycles. The van der Waals surface area contributed by atoms with Gasteiger partial charge in [-0.15, -0.1) is 0 Å². The molecular formula is C28H26F4O4. The van der Waals surface area contributed by atoms with Gasteiger partial charge in [-0.3, -0.25) is 4.79 Å². The van der Waals surface area contributed by atoms with Crippen LogP contribution in [0.15, 0.2) is 48.5 Å². The summed E-state index contributed by atoms with van der Waals surface area (Å²) in [5.41, 5.74) is 0.798. The number of phenolic OH excluding ortho intramolecular Hbond substituents is 1. The van der Waals surface area contributed by atoms with Crippen LogP contribution in [0.25, 0.3) is 11.1 Å². The number of carbonyl (C=O) groups excluding carboxylic acids is 1. The normalized spacial score (nSPS) is 17.7. The van der Waals surface area contributed by atoms with Crippen molar-refractivity contribution in [3.8, 4) is 22.6 Å². The first-order valence-corrected chi connectivity index (χ1v) is 11.8. The van der Waals surface area contributed by atoms with Crippen LogP contribution in [0.2, 0.25) is 0 Å². The zero-order valence-corrected chi connectivity index (χ0v) is 19.7. The molecule has 0 atom stereocenters. The van der Waals surface area contributed by atoms with Crippen LogP contribution in [0, 0.1) is 29.2 Å². The van der Waals surface area contributed by atoms with Gasteiger partial charge in [0, 0.05) is 17.7 Å². The molecular weight excluding hydrogens is 476 g/mol. The van der Waals surface area contributed by atoms with Crippen molar-refractivity contribution >= 4 is 5.97 Å². The fourth-order valence-corrected chi connectivity index (χ4v) is 4.55. The molecule has 0 spiro atoms. The van der Waals surface area contributed by atoms with Crippen molar-refractivity contribution in [2.75, 3.05) is 6.61 Å². The molecule has 3 aromatic rings. The SMILES string of the molecule is CCOCc1ccc(OC(=O)C2CCC(c3ccc(-c4ccc(O)cc4)c(F)c3F)CC2)c(F)c1F. The van der Waals surface area contributed by atoms with Crippen LogP contribution in [0.1, 0.15) is 49.7 Å². The zero-order valence-electron chi connectivity index (χ0n) is 19.7. The van der Waals surface area contributed by atoms with Crippen molar-refractivity contribution in [3.05, 3.63) is 82.9 Å². The van der Waals surface area contributed by atoms with E-state index in [1.54, 1.807) is 13.0 Å². The molecule has 4 rings (SSSR count). The molecule has 1 saturated carbocycles. The van der Waals surface area contributed by atoms with Gasteiger partial charge in [0.05, 0.1) is 12.5 Å². The maximum atomic E-state index is 14.9. The molecule has 4 nitrogen and oxygen atoms in total. The van der Waals surface area contributed by atoms with Gasteiger partial charge in [-0.05, 0) is 73.9 Å². The van der Waals surface area contributed by atoms with Crippen LogP contribution in [0.5, 0.6) is 11.5 Å². The number of hydrogen-bond acceptors (Lipinski definition) is 4. The molecule has 0 unspecified atom stereocenters. The summed E-state index contributed by atoms with van der Waals surface area (Å²) in [6, 6.07) is 11.4. The Morgan fingerprint density at radius 2 is 1.56 bits per heavy atom. The number of halogens is 4. The molecule has 1 aliphatic rings. The lowest BCUT2D eigenvalue weighted by Gasteiger charge is -2.28. The Balaban J connectivity index is 1.40. The first-order chi connectivity index (χ1) is 17.3. The summed E-state index contributed by atoms with van der Waals surface area (Å²) in [5.74, 6) is -6.26. The molecule has 0 bridgehead atoms. The van der Waals surface area contributed by atoms with Crippen LogP contribution in [-0.2, 0) is 16.1 Å². The fraction of sp³-hybridized carbons (Fsp3) is 0.321. The van der Waals surface area contributed by atoms with Crippen molar-refractivity contribution < 1.29 is 36.9 Å². The Hall–Kier alpha value is -3.39. The molecule has 0 amide bonds. The van der Waals surface area contributed by atoms with E-state index in [9.17, 15) is 27.5 Å². The van der Waals surface area contributed by atoms with Crippen LogP contribution in [-0.4, -0.2) is 17.7 Å². The molecule has 3 aromatic carbocycles. The molecule has 1 aliphatic carbocycles. The number of rotatable bonds is 7. The van der Waals surface area contributed by atoms with Crippen LogP contribution in [0.4, 0.5) is 17.6 Å². The van der Waals surface area contributed by atoms with Crippen molar-refractivity contribution in [2.24, 2.45) is 5.92 Å². The van der Waals surface area contributed by atoms with Gasteiger partial charge in [-0.1, -0.05) is 24.3 Å². The Bertz CT molecular complexity index is 1240. The number of phenols is 1. The molecule has 0 saturated heterocycles. The molecule has 0 aliphatic heterocycles. The first-order valence-electron chi connectivity index (χ1n) is 11.8. The highest BCUT2D eigenvalue weighted by Gasteiger charge is 2.31. The third kappa shape index (κ3) is 5.38. The summed E-state index contributed by atoms with van der Waals surface area (Å²) in [4.78, 5) is 12.6. The van der Waals surface area contributed by atoms with E-state index in [0.717, 1.165) is 0 Å². The predicted octanol–water partition coefficient (Wildman–Crippen LogP) is 7.03. The van der Waals surface area contributed by atoms with E-state index in [4.69, 9.17) is 9.47 Å². The summed E-state index contributed by atoms with van der Waals surface area (Å²) in [5, 5.41) is 9.41. The van der Waals surface area contributed by atoms with E-state index in [0.29, 0.717) is 37.9 Å². The summed E-state index contributed by atoms with van der Waals surface area (Å²) in [6.45, 7) is 1.99. The lowest BCUT2D eigenvalue weighted by molar-refractivity contribution is -0.140. The quantitative estimate of drug-likeness (QED) is 0.214. The minimum atomic E-state index is -1.25. The molecule has 0 radical (unpaired) electrons. The second-order valence-corrected chi connectivity index (χ2v) is 8.83. The van der Waals surface area contributed by atoms with E-state index in [1.165, 1.54) is 42.5 Å². The van der Waals surface area contributed by atoms with E-state index in [2.05, 4.69) is 0 Å². The highest BCUT2D eigenvalue weighted by molar-refractivity contribution is 5.75. The topological polar surface area (TPSA) is 55.8 Å². The zero-order chi connectivity index (χ0) is 25.8. The molecule has 8 heteroatoms. The minimum Gasteiger partial charge on any atom is -0.508 e. The number of esters is 1. The van der Waals surface area contributed by atoms with Gasteiger partial charge < -0.3 is 14.6 Å². The smallest absolute Gasteiger partial charge is 0.314 e. The third-order valence-electron chi connectivity index (χ3n) is 6.59. The van der Waals surface area contributed by atoms with Gasteiger partial charge in [0.2, 0.25) is 5.82 Å². The second-order valence-electron chi connectivity index (χ2n) is 8.83. The monoisotopic (exact) mass is 502 g/mol. The average molecular weight is 503 g/mol. The molecule has 190 valence electrons. The van der Waals surface area contributed by atoms with Gasteiger partial charge in [0.25, 0.3) is 0 Å². The van der Waals surface area contributed by atoms with Gasteiger partial charge in [0.15, 0.2) is 23.2 Å². The van der Waals surface area contributed by atoms with Crippen LogP contribution < -0.4 is 4.74 Å². The largest absolute Gasteiger partial charge is 0.508 e. The highest BCUT2D eigenvalue weighted by Crippen LogP contribution is 2.39. The van der Waals surface area contributed by atoms with Crippen LogP contribution >= 0.6 is 0 Å². The van der Waals surface area contributed by atoms with Crippen molar-refractivity contribution in [1.82, 2.24) is 0 Å². The highest BCUT2D eigenvalue weighted by atomic mass is 19.2. The van der Waals surface area contributed by atoms with E-state index < -0.39 is 40.9 Å². The molecule has 1 N–H and O–H groups in total. The second kappa shape index (κ2) is 11.1. The average Bonchev–Trinajstić information content (AvgIpc) is 2.89. The van der Waals surface area contributed by atoms with Crippen molar-refractivity contribution in [3.63, 3.8) is 0 Å². The number of ether oxygens (including phenoxy) is 2. The van der Waals surface area contributed by atoms with Crippen molar-refractivity contribution in [2.45, 2.75) is 45.1 Å². The predicted molar refractivity (Wildman–Crippen MR) is 125 cm³/mol. The number of aromatic hydroxyl groups is 1. The fourth-order valence-electron chi connectivity index (χ4n) is 4.55. The first kappa shape index (κ1) is 25.7. The minimum absolute atomic E-state index is 0.0259. The number of hydrogen-bond donors (Lipinski definition) is 1. The lowest BCUT2D eigenvalue weighted by Crippen LogP contribution is -2.26.